The number of aromatic amines is 1. The normalized spacial score (nSPS) is 13.9. The van der Waals surface area contributed by atoms with Crippen molar-refractivity contribution in [2.75, 3.05) is 33.4 Å². The molecule has 1 amide bonds. The molecular weight excluding hydrogens is 545 g/mol. The Hall–Kier alpha value is -3.25. The molecule has 0 bridgehead atoms. The number of benzene rings is 1. The van der Waals surface area contributed by atoms with Gasteiger partial charge in [-0.1, -0.05) is 31.4 Å². The van der Waals surface area contributed by atoms with E-state index in [1.807, 2.05) is 24.3 Å². The van der Waals surface area contributed by atoms with E-state index in [-0.39, 0.29) is 30.1 Å². The molecule has 0 spiro atoms. The predicted molar refractivity (Wildman–Crippen MR) is 148 cm³/mol. The number of fused-ring (bicyclic) bond motifs is 1. The van der Waals surface area contributed by atoms with Gasteiger partial charge in [0.15, 0.2) is 17.2 Å². The molecule has 1 saturated carbocycles. The second-order valence-corrected chi connectivity index (χ2v) is 10.2. The van der Waals surface area contributed by atoms with Crippen LogP contribution in [0.2, 0.25) is 0 Å². The molecule has 12 heteroatoms. The van der Waals surface area contributed by atoms with E-state index in [1.54, 1.807) is 25.8 Å². The lowest BCUT2D eigenvalue weighted by Gasteiger charge is -2.21. The molecule has 3 aromatic rings. The summed E-state index contributed by atoms with van der Waals surface area (Å²) in [6.45, 7) is 2.99. The average Bonchev–Trinajstić information content (AvgIpc) is 3.27. The fourth-order valence-corrected chi connectivity index (χ4v) is 4.65. The Kier molecular flexibility index (Phi) is 11.3. The largest absolute Gasteiger partial charge is 0.484 e. The van der Waals surface area contributed by atoms with Crippen LogP contribution in [-0.4, -0.2) is 70.8 Å². The van der Waals surface area contributed by atoms with Gasteiger partial charge in [0.05, 0.1) is 17.6 Å². The zero-order valence-corrected chi connectivity index (χ0v) is 23.7. The van der Waals surface area contributed by atoms with E-state index in [0.717, 1.165) is 36.7 Å². The highest BCUT2D eigenvalue weighted by atomic mass is 32.1. The Labute approximate surface area is 236 Å². The minimum Gasteiger partial charge on any atom is -0.484 e. The molecule has 0 unspecified atom stereocenters. The zero-order chi connectivity index (χ0) is 29.3. The van der Waals surface area contributed by atoms with Gasteiger partial charge in [0.1, 0.15) is 12.4 Å². The third-order valence-corrected chi connectivity index (χ3v) is 7.07. The lowest BCUT2D eigenvalue weighted by atomic mass is 9.86. The van der Waals surface area contributed by atoms with Crippen LogP contribution in [-0.2, 0) is 9.53 Å². The summed E-state index contributed by atoms with van der Waals surface area (Å²) in [4.78, 5) is 33.3. The first-order valence-electron chi connectivity index (χ1n) is 13.2. The van der Waals surface area contributed by atoms with Crippen molar-refractivity contribution >= 4 is 35.1 Å². The number of carbonyl (C=O) groups excluding carboxylic acids is 2. The lowest BCUT2D eigenvalue weighted by molar-refractivity contribution is -0.153. The summed E-state index contributed by atoms with van der Waals surface area (Å²) < 4.78 is 47.5. The standard InChI is InChI=1S/C19H25N3O3S.C9H10F3NO/c1-21(11-12-25-13-17(23)14-7-3-2-4-8-14)19(24)22-16-10-6-5-9-15(16)20-18(22)26;1-6-7(2)13-4-3-8(6)14-5-9(10,11)12/h5-6,9-10,14H,2-4,7-8,11-13H2,1H3,(H,20,26);3-4H,5H2,1-2H3. The maximum absolute atomic E-state index is 12.7. The van der Waals surface area contributed by atoms with E-state index < -0.39 is 12.8 Å². The zero-order valence-electron chi connectivity index (χ0n) is 22.9. The molecule has 1 aliphatic carbocycles. The van der Waals surface area contributed by atoms with Gasteiger partial charge < -0.3 is 19.4 Å². The van der Waals surface area contributed by atoms with Crippen LogP contribution in [0.15, 0.2) is 36.5 Å². The van der Waals surface area contributed by atoms with Gasteiger partial charge in [-0.2, -0.15) is 13.2 Å². The maximum Gasteiger partial charge on any atom is 0.422 e. The highest BCUT2D eigenvalue weighted by Crippen LogP contribution is 2.24. The number of ketones is 1. The third-order valence-electron chi connectivity index (χ3n) is 6.78. The number of nitrogens with one attached hydrogen (secondary N) is 1. The molecular formula is C28H35F3N4O4S. The first-order chi connectivity index (χ1) is 19.0. The Balaban J connectivity index is 0.000000267. The topological polar surface area (TPSA) is 89.5 Å². The SMILES string of the molecule is CN(CCOCC(=O)C1CCCCC1)C(=O)n1c(=S)[nH]c2ccccc21.Cc1nccc(OCC(F)(F)F)c1C. The number of nitrogens with zero attached hydrogens (tertiary/aromatic N) is 3. The van der Waals surface area contributed by atoms with Crippen molar-refractivity contribution < 1.29 is 32.2 Å². The van der Waals surface area contributed by atoms with Gasteiger partial charge in [0.2, 0.25) is 0 Å². The highest BCUT2D eigenvalue weighted by molar-refractivity contribution is 7.71. The Bertz CT molecular complexity index is 1350. The van der Waals surface area contributed by atoms with Gasteiger partial charge in [-0.25, -0.2) is 9.36 Å². The number of para-hydroxylation sites is 2. The van der Waals surface area contributed by atoms with Crippen LogP contribution in [0.4, 0.5) is 18.0 Å². The monoisotopic (exact) mass is 580 g/mol. The molecule has 2 aromatic heterocycles. The lowest BCUT2D eigenvalue weighted by Crippen LogP contribution is -2.34. The number of ether oxygens (including phenoxy) is 2. The van der Waals surface area contributed by atoms with E-state index in [4.69, 9.17) is 17.0 Å². The number of halogens is 3. The predicted octanol–water partition coefficient (Wildman–Crippen LogP) is 6.40. The molecule has 2 heterocycles. The van der Waals surface area contributed by atoms with Gasteiger partial charge >= 0.3 is 12.2 Å². The van der Waals surface area contributed by atoms with Gasteiger partial charge in [-0.3, -0.25) is 9.78 Å². The van der Waals surface area contributed by atoms with Crippen LogP contribution in [0.1, 0.15) is 43.4 Å². The van der Waals surface area contributed by atoms with Gasteiger partial charge in [0, 0.05) is 37.0 Å². The summed E-state index contributed by atoms with van der Waals surface area (Å²) in [6, 6.07) is 8.71. The second-order valence-electron chi connectivity index (χ2n) is 9.76. The number of hydrogen-bond acceptors (Lipinski definition) is 6. The number of likely N-dealkylation sites (N-methyl/N-ethyl adjacent to an activating group) is 1. The van der Waals surface area contributed by atoms with Crippen molar-refractivity contribution in [3.63, 3.8) is 0 Å². The minimum atomic E-state index is -4.30. The Morgan fingerprint density at radius 1 is 1.15 bits per heavy atom. The molecule has 40 heavy (non-hydrogen) atoms. The first kappa shape index (κ1) is 31.3. The number of carbonyl (C=O) groups is 2. The van der Waals surface area contributed by atoms with Gasteiger partial charge in [-0.05, 0) is 57.1 Å². The number of Topliss-reactive ketones (excluding diaryl/α,β-unsaturated/α-hetero) is 1. The molecule has 8 nitrogen and oxygen atoms in total. The van der Waals surface area contributed by atoms with Crippen LogP contribution in [0, 0.1) is 24.5 Å². The van der Waals surface area contributed by atoms with Crippen LogP contribution < -0.4 is 4.74 Å². The van der Waals surface area contributed by atoms with Gasteiger partial charge in [0.25, 0.3) is 0 Å². The van der Waals surface area contributed by atoms with Crippen molar-refractivity contribution in [2.24, 2.45) is 5.92 Å². The maximum atomic E-state index is 12.7. The number of aryl methyl sites for hydroxylation is 1. The molecule has 1 fully saturated rings. The van der Waals surface area contributed by atoms with Crippen LogP contribution in [0.3, 0.4) is 0 Å². The summed E-state index contributed by atoms with van der Waals surface area (Å²) in [5.74, 6) is 0.583. The summed E-state index contributed by atoms with van der Waals surface area (Å²) in [6.07, 6.45) is 2.60. The second kappa shape index (κ2) is 14.4. The van der Waals surface area contributed by atoms with E-state index in [1.165, 1.54) is 23.3 Å². The Morgan fingerprint density at radius 2 is 1.85 bits per heavy atom. The fourth-order valence-electron chi connectivity index (χ4n) is 4.36. The summed E-state index contributed by atoms with van der Waals surface area (Å²) in [5.41, 5.74) is 2.89. The van der Waals surface area contributed by atoms with E-state index >= 15 is 0 Å². The van der Waals surface area contributed by atoms with E-state index in [0.29, 0.717) is 29.2 Å². The number of rotatable bonds is 8. The van der Waals surface area contributed by atoms with Crippen LogP contribution in [0.25, 0.3) is 11.0 Å². The van der Waals surface area contributed by atoms with Crippen molar-refractivity contribution in [2.45, 2.75) is 52.1 Å². The summed E-state index contributed by atoms with van der Waals surface area (Å²) in [5, 5.41) is 0. The van der Waals surface area contributed by atoms with Crippen molar-refractivity contribution in [1.82, 2.24) is 19.4 Å². The highest BCUT2D eigenvalue weighted by Gasteiger charge is 2.28. The van der Waals surface area contributed by atoms with Crippen molar-refractivity contribution in [3.05, 3.63) is 52.6 Å². The number of hydrogen-bond donors (Lipinski definition) is 1. The number of H-pyrrole nitrogens is 1. The molecule has 1 aromatic carbocycles. The number of imidazole rings is 1. The van der Waals surface area contributed by atoms with E-state index in [2.05, 4.69) is 14.7 Å². The molecule has 4 rings (SSSR count). The van der Waals surface area contributed by atoms with Gasteiger partial charge in [-0.15, -0.1) is 0 Å². The molecule has 0 saturated heterocycles. The quantitative estimate of drug-likeness (QED) is 0.245. The molecule has 0 atom stereocenters. The number of alkyl halides is 3. The minimum absolute atomic E-state index is 0.138. The van der Waals surface area contributed by atoms with Crippen molar-refractivity contribution in [3.8, 4) is 5.75 Å². The first-order valence-corrected chi connectivity index (χ1v) is 13.6. The molecule has 1 N–H and O–H groups in total. The summed E-state index contributed by atoms with van der Waals surface area (Å²) in [7, 11) is 1.71. The number of pyridine rings is 1. The fraction of sp³-hybridized carbons (Fsp3) is 0.500. The van der Waals surface area contributed by atoms with Crippen molar-refractivity contribution in [1.29, 1.82) is 0 Å². The number of amides is 1. The molecule has 0 aliphatic heterocycles. The third kappa shape index (κ3) is 8.88. The van der Waals surface area contributed by atoms with Crippen LogP contribution >= 0.6 is 12.2 Å². The molecule has 0 radical (unpaired) electrons. The van der Waals surface area contributed by atoms with Crippen LogP contribution in [0.5, 0.6) is 5.75 Å². The summed E-state index contributed by atoms with van der Waals surface area (Å²) >= 11 is 5.27. The van der Waals surface area contributed by atoms with E-state index in [9.17, 15) is 22.8 Å². The molecule has 218 valence electrons. The number of aromatic nitrogens is 3. The molecule has 1 aliphatic rings. The smallest absolute Gasteiger partial charge is 0.422 e. The Morgan fingerprint density at radius 3 is 2.55 bits per heavy atom. The average molecular weight is 581 g/mol.